The average Bonchev–Trinajstić information content (AvgIpc) is 3.42. The van der Waals surface area contributed by atoms with Gasteiger partial charge in [0.05, 0.1) is 19.5 Å². The summed E-state index contributed by atoms with van der Waals surface area (Å²) in [6, 6.07) is 4.06. The first-order chi connectivity index (χ1) is 16.8. The highest BCUT2D eigenvalue weighted by atomic mass is 35.5. The summed E-state index contributed by atoms with van der Waals surface area (Å²) in [5.41, 5.74) is 7.43. The van der Waals surface area contributed by atoms with E-state index in [4.69, 9.17) is 26.8 Å². The topological polar surface area (TPSA) is 176 Å². The number of halogens is 1. The van der Waals surface area contributed by atoms with Crippen molar-refractivity contribution < 1.29 is 28.9 Å². The molecule has 1 aromatic carbocycles. The van der Waals surface area contributed by atoms with Crippen LogP contribution in [-0.4, -0.2) is 75.5 Å². The van der Waals surface area contributed by atoms with E-state index in [0.29, 0.717) is 33.3 Å². The minimum absolute atomic E-state index is 0.238. The molecule has 0 aliphatic carbocycles. The van der Waals surface area contributed by atoms with Gasteiger partial charge in [0.2, 0.25) is 0 Å². The van der Waals surface area contributed by atoms with E-state index >= 15 is 0 Å². The second kappa shape index (κ2) is 10.4. The van der Waals surface area contributed by atoms with E-state index in [1.54, 1.807) is 18.2 Å². The van der Waals surface area contributed by atoms with Crippen LogP contribution in [0.3, 0.4) is 0 Å². The van der Waals surface area contributed by atoms with Gasteiger partial charge in [-0.3, -0.25) is 9.36 Å². The van der Waals surface area contributed by atoms with E-state index < -0.39 is 36.4 Å². The molecule has 2 aromatic heterocycles. The number of nitrogens with zero attached hydrogens (tertiary/aromatic N) is 4. The lowest BCUT2D eigenvalue weighted by Gasteiger charge is -2.17. The molecule has 1 amide bonds. The number of aromatic nitrogens is 4. The Bertz CT molecular complexity index is 1240. The van der Waals surface area contributed by atoms with E-state index in [-0.39, 0.29) is 13.2 Å². The molecule has 0 bridgehead atoms. The normalized spacial score (nSPS) is 21.6. The Morgan fingerprint density at radius 1 is 1.31 bits per heavy atom. The van der Waals surface area contributed by atoms with Gasteiger partial charge < -0.3 is 35.7 Å². The Morgan fingerprint density at radius 3 is 2.86 bits per heavy atom. The molecule has 4 rings (SSSR count). The van der Waals surface area contributed by atoms with Crippen molar-refractivity contribution in [3.8, 4) is 5.75 Å². The zero-order valence-corrected chi connectivity index (χ0v) is 19.6. The van der Waals surface area contributed by atoms with Crippen molar-refractivity contribution in [3.63, 3.8) is 0 Å². The lowest BCUT2D eigenvalue weighted by atomic mass is 10.1. The number of amides is 1. The molecule has 4 unspecified atom stereocenters. The lowest BCUT2D eigenvalue weighted by molar-refractivity contribution is -0.143. The van der Waals surface area contributed by atoms with Gasteiger partial charge in [0.15, 0.2) is 35.9 Å². The number of hydrogen-bond acceptors (Lipinski definition) is 11. The summed E-state index contributed by atoms with van der Waals surface area (Å²) < 4.78 is 17.4. The van der Waals surface area contributed by atoms with Crippen LogP contribution in [0.15, 0.2) is 30.9 Å². The van der Waals surface area contributed by atoms with Crippen molar-refractivity contribution in [1.29, 1.82) is 0 Å². The molecule has 1 fully saturated rings. The smallest absolute Gasteiger partial charge is 0.343 e. The van der Waals surface area contributed by atoms with Crippen LogP contribution in [0.4, 0.5) is 5.82 Å². The Kier molecular flexibility index (Phi) is 7.31. The Morgan fingerprint density at radius 2 is 2.11 bits per heavy atom. The molecule has 186 valence electrons. The first-order valence-corrected chi connectivity index (χ1v) is 10.9. The zero-order chi connectivity index (χ0) is 25.1. The fraction of sp³-hybridized carbons (Fsp3) is 0.381. The van der Waals surface area contributed by atoms with Crippen molar-refractivity contribution in [2.45, 2.75) is 31.0 Å². The number of benzene rings is 1. The van der Waals surface area contributed by atoms with E-state index in [1.165, 1.54) is 31.4 Å². The SMILES string of the molecule is CNC(=O)C1OC(n2cnc3c(NCc4cc(Cl)ccc4OCC(=O)OC)ncnc32)C(O)C1N. The minimum Gasteiger partial charge on any atom is -0.482 e. The summed E-state index contributed by atoms with van der Waals surface area (Å²) in [4.78, 5) is 36.4. The Labute approximate surface area is 204 Å². The second-order valence-electron chi connectivity index (χ2n) is 7.65. The van der Waals surface area contributed by atoms with Gasteiger partial charge in [-0.2, -0.15) is 0 Å². The number of rotatable bonds is 8. The van der Waals surface area contributed by atoms with Gasteiger partial charge in [-0.15, -0.1) is 0 Å². The average molecular weight is 506 g/mol. The molecular formula is C21H24ClN7O6. The number of methoxy groups -OCH3 is 1. The zero-order valence-electron chi connectivity index (χ0n) is 18.8. The van der Waals surface area contributed by atoms with Gasteiger partial charge in [0, 0.05) is 24.2 Å². The number of hydrogen-bond donors (Lipinski definition) is 4. The molecule has 5 N–H and O–H groups in total. The van der Waals surface area contributed by atoms with Crippen LogP contribution in [0.25, 0.3) is 11.2 Å². The van der Waals surface area contributed by atoms with E-state index in [9.17, 15) is 14.7 Å². The van der Waals surface area contributed by atoms with Crippen LogP contribution in [-0.2, 0) is 25.6 Å². The maximum atomic E-state index is 12.0. The molecule has 0 spiro atoms. The Hall–Kier alpha value is -3.52. The highest BCUT2D eigenvalue weighted by Gasteiger charge is 2.46. The van der Waals surface area contributed by atoms with Crippen molar-refractivity contribution in [2.75, 3.05) is 26.1 Å². The standard InChI is InChI=1S/C21H24ClN7O6/c1-24-20(32)17-14(23)16(31)21(35-17)29-9-28-15-18(26-8-27-19(15)29)25-6-10-5-11(22)3-4-12(10)34-7-13(30)33-2/h3-5,8-9,14,16-17,21,31H,6-7,23H2,1-2H3,(H,24,32)(H,25,26,27). The van der Waals surface area contributed by atoms with Gasteiger partial charge in [-0.05, 0) is 18.2 Å². The maximum Gasteiger partial charge on any atom is 0.343 e. The molecule has 0 radical (unpaired) electrons. The monoisotopic (exact) mass is 505 g/mol. The molecule has 13 nitrogen and oxygen atoms in total. The van der Waals surface area contributed by atoms with Crippen LogP contribution in [0, 0.1) is 0 Å². The summed E-state index contributed by atoms with van der Waals surface area (Å²) in [5, 5.41) is 16.7. The van der Waals surface area contributed by atoms with Gasteiger partial charge in [0.25, 0.3) is 5.91 Å². The third kappa shape index (κ3) is 4.98. The number of likely N-dealkylation sites (N-methyl/N-ethyl adjacent to an activating group) is 1. The molecule has 35 heavy (non-hydrogen) atoms. The highest BCUT2D eigenvalue weighted by molar-refractivity contribution is 6.30. The number of aliphatic hydroxyl groups excluding tert-OH is 1. The van der Waals surface area contributed by atoms with Crippen molar-refractivity contribution >= 4 is 40.5 Å². The fourth-order valence-corrected chi connectivity index (χ4v) is 3.86. The number of anilines is 1. The highest BCUT2D eigenvalue weighted by Crippen LogP contribution is 2.32. The summed E-state index contributed by atoms with van der Waals surface area (Å²) in [6.45, 7) is -0.0155. The minimum atomic E-state index is -1.16. The van der Waals surface area contributed by atoms with E-state index in [2.05, 4.69) is 30.3 Å². The first kappa shape index (κ1) is 24.6. The fourth-order valence-electron chi connectivity index (χ4n) is 3.67. The third-order valence-electron chi connectivity index (χ3n) is 5.50. The number of ether oxygens (including phenoxy) is 3. The number of fused-ring (bicyclic) bond motifs is 1. The number of carbonyl (C=O) groups is 2. The van der Waals surface area contributed by atoms with Gasteiger partial charge in [0.1, 0.15) is 18.2 Å². The second-order valence-corrected chi connectivity index (χ2v) is 8.08. The third-order valence-corrected chi connectivity index (χ3v) is 5.74. The van der Waals surface area contributed by atoms with Gasteiger partial charge in [-0.25, -0.2) is 19.7 Å². The molecule has 3 heterocycles. The molecule has 1 saturated heterocycles. The molecule has 4 atom stereocenters. The summed E-state index contributed by atoms with van der Waals surface area (Å²) in [7, 11) is 2.74. The van der Waals surface area contributed by atoms with Crippen LogP contribution in [0.5, 0.6) is 5.75 Å². The van der Waals surface area contributed by atoms with Crippen molar-refractivity contribution in [1.82, 2.24) is 24.8 Å². The van der Waals surface area contributed by atoms with Crippen LogP contribution < -0.4 is 21.1 Å². The largest absolute Gasteiger partial charge is 0.482 e. The molecule has 0 saturated carbocycles. The van der Waals surface area contributed by atoms with Crippen LogP contribution >= 0.6 is 11.6 Å². The lowest BCUT2D eigenvalue weighted by Crippen LogP contribution is -2.46. The summed E-state index contributed by atoms with van der Waals surface area (Å²) in [6.07, 6.45) is -0.397. The molecule has 3 aromatic rings. The first-order valence-electron chi connectivity index (χ1n) is 10.5. The van der Waals surface area contributed by atoms with Crippen molar-refractivity contribution in [2.24, 2.45) is 5.73 Å². The number of imidazole rings is 1. The molecule has 14 heteroatoms. The number of esters is 1. The summed E-state index contributed by atoms with van der Waals surface area (Å²) in [5.74, 6) is -0.115. The van der Waals surface area contributed by atoms with Crippen LogP contribution in [0.1, 0.15) is 11.8 Å². The number of nitrogens with two attached hydrogens (primary N) is 1. The van der Waals surface area contributed by atoms with Gasteiger partial charge >= 0.3 is 5.97 Å². The van der Waals surface area contributed by atoms with Crippen LogP contribution in [0.2, 0.25) is 5.02 Å². The van der Waals surface area contributed by atoms with Gasteiger partial charge in [-0.1, -0.05) is 11.6 Å². The number of nitrogens with one attached hydrogen (secondary N) is 2. The summed E-state index contributed by atoms with van der Waals surface area (Å²) >= 11 is 6.14. The van der Waals surface area contributed by atoms with E-state index in [1.807, 2.05) is 0 Å². The number of aliphatic hydroxyl groups is 1. The number of carbonyl (C=O) groups excluding carboxylic acids is 2. The van der Waals surface area contributed by atoms with E-state index in [0.717, 1.165) is 0 Å². The Balaban J connectivity index is 1.56. The molecule has 1 aliphatic rings. The molecule has 1 aliphatic heterocycles. The quantitative estimate of drug-likeness (QED) is 0.302. The predicted octanol–water partition coefficient (Wildman–Crippen LogP) is -0.0248. The predicted molar refractivity (Wildman–Crippen MR) is 124 cm³/mol. The molecular weight excluding hydrogens is 482 g/mol. The maximum absolute atomic E-state index is 12.0. The van der Waals surface area contributed by atoms with Crippen molar-refractivity contribution in [3.05, 3.63) is 41.4 Å².